The largest absolute Gasteiger partial charge is 0.494 e. The Balaban J connectivity index is 0.00000162. The molecule has 102 valence electrons. The molecule has 0 saturated carbocycles. The molecule has 1 fully saturated rings. The van der Waals surface area contributed by atoms with Crippen LogP contribution in [-0.2, 0) is 0 Å². The molecule has 0 spiro atoms. The lowest BCUT2D eigenvalue weighted by Crippen LogP contribution is -2.35. The van der Waals surface area contributed by atoms with E-state index in [1.54, 1.807) is 0 Å². The van der Waals surface area contributed by atoms with E-state index >= 15 is 0 Å². The van der Waals surface area contributed by atoms with Gasteiger partial charge >= 0.3 is 0 Å². The van der Waals surface area contributed by atoms with Gasteiger partial charge in [0.1, 0.15) is 5.75 Å². The summed E-state index contributed by atoms with van der Waals surface area (Å²) in [6.45, 7) is 3.93. The van der Waals surface area contributed by atoms with E-state index in [9.17, 15) is 0 Å². The van der Waals surface area contributed by atoms with Crippen LogP contribution in [0.1, 0.15) is 31.2 Å². The minimum absolute atomic E-state index is 0. The predicted molar refractivity (Wildman–Crippen MR) is 79.2 cm³/mol. The van der Waals surface area contributed by atoms with Gasteiger partial charge in [-0.15, -0.1) is 12.4 Å². The molecule has 18 heavy (non-hydrogen) atoms. The molecule has 0 bridgehead atoms. The molecule has 0 aromatic heterocycles. The summed E-state index contributed by atoms with van der Waals surface area (Å²) >= 11 is 5.97. The van der Waals surface area contributed by atoms with Gasteiger partial charge < -0.3 is 10.1 Å². The van der Waals surface area contributed by atoms with Crippen LogP contribution < -0.4 is 10.1 Å². The van der Waals surface area contributed by atoms with Gasteiger partial charge in [0.15, 0.2) is 0 Å². The van der Waals surface area contributed by atoms with E-state index in [0.29, 0.717) is 6.04 Å². The molecular weight excluding hydrogens is 269 g/mol. The van der Waals surface area contributed by atoms with E-state index in [1.165, 1.54) is 19.3 Å². The van der Waals surface area contributed by atoms with E-state index in [4.69, 9.17) is 16.3 Å². The van der Waals surface area contributed by atoms with Gasteiger partial charge in [-0.3, -0.25) is 0 Å². The molecule has 1 aliphatic heterocycles. The topological polar surface area (TPSA) is 21.3 Å². The number of halogens is 2. The summed E-state index contributed by atoms with van der Waals surface area (Å²) in [5.41, 5.74) is 1.07. The molecule has 1 unspecified atom stereocenters. The van der Waals surface area contributed by atoms with E-state index in [-0.39, 0.29) is 12.4 Å². The van der Waals surface area contributed by atoms with Crippen molar-refractivity contribution in [3.05, 3.63) is 28.8 Å². The van der Waals surface area contributed by atoms with E-state index < -0.39 is 0 Å². The lowest BCUT2D eigenvalue weighted by atomic mass is 10.0. The Labute approximate surface area is 120 Å². The fourth-order valence-electron chi connectivity index (χ4n) is 2.20. The summed E-state index contributed by atoms with van der Waals surface area (Å²) in [5, 5.41) is 4.32. The van der Waals surface area contributed by atoms with Crippen LogP contribution in [0, 0.1) is 6.92 Å². The smallest absolute Gasteiger partial charge is 0.119 e. The fourth-order valence-corrected chi connectivity index (χ4v) is 2.31. The van der Waals surface area contributed by atoms with Gasteiger partial charge in [0.25, 0.3) is 0 Å². The normalized spacial score (nSPS) is 19.1. The zero-order chi connectivity index (χ0) is 12.1. The number of hydrogen-bond donors (Lipinski definition) is 1. The monoisotopic (exact) mass is 289 g/mol. The molecule has 2 nitrogen and oxygen atoms in total. The van der Waals surface area contributed by atoms with Gasteiger partial charge in [-0.1, -0.05) is 18.0 Å². The Kier molecular flexibility index (Phi) is 6.83. The van der Waals surface area contributed by atoms with Crippen LogP contribution in [0.3, 0.4) is 0 Å². The van der Waals surface area contributed by atoms with E-state index in [2.05, 4.69) is 5.32 Å². The average molecular weight is 290 g/mol. The van der Waals surface area contributed by atoms with Crippen molar-refractivity contribution in [1.82, 2.24) is 5.32 Å². The quantitative estimate of drug-likeness (QED) is 0.905. The van der Waals surface area contributed by atoms with Crippen LogP contribution in [-0.4, -0.2) is 19.2 Å². The number of rotatable bonds is 4. The van der Waals surface area contributed by atoms with Gasteiger partial charge in [-0.2, -0.15) is 0 Å². The zero-order valence-corrected chi connectivity index (χ0v) is 12.3. The van der Waals surface area contributed by atoms with Crippen molar-refractivity contribution in [3.8, 4) is 5.75 Å². The molecule has 2 rings (SSSR count). The summed E-state index contributed by atoms with van der Waals surface area (Å²) in [4.78, 5) is 0. The number of benzene rings is 1. The highest BCUT2D eigenvalue weighted by Gasteiger charge is 2.12. The third-order valence-corrected chi connectivity index (χ3v) is 3.70. The van der Waals surface area contributed by atoms with Gasteiger partial charge in [0.2, 0.25) is 0 Å². The summed E-state index contributed by atoms with van der Waals surface area (Å²) in [7, 11) is 0. The van der Waals surface area contributed by atoms with Crippen molar-refractivity contribution < 1.29 is 4.74 Å². The first kappa shape index (κ1) is 15.6. The van der Waals surface area contributed by atoms with Crippen LogP contribution >= 0.6 is 24.0 Å². The number of ether oxygens (including phenoxy) is 1. The van der Waals surface area contributed by atoms with Crippen LogP contribution in [0.2, 0.25) is 5.02 Å². The maximum atomic E-state index is 5.97. The average Bonchev–Trinajstić information content (AvgIpc) is 2.35. The fraction of sp³-hybridized carbons (Fsp3) is 0.571. The Hall–Kier alpha value is -0.440. The second kappa shape index (κ2) is 7.88. The molecule has 1 aliphatic rings. The molecule has 4 heteroatoms. The number of aryl methyl sites for hydroxylation is 1. The van der Waals surface area contributed by atoms with E-state index in [1.807, 2.05) is 25.1 Å². The second-order valence-corrected chi connectivity index (χ2v) is 5.10. The summed E-state index contributed by atoms with van der Waals surface area (Å²) < 4.78 is 5.75. The second-order valence-electron chi connectivity index (χ2n) is 4.69. The molecule has 1 saturated heterocycles. The minimum Gasteiger partial charge on any atom is -0.494 e. The molecule has 1 N–H and O–H groups in total. The Bertz CT molecular complexity index is 365. The Morgan fingerprint density at radius 3 is 2.89 bits per heavy atom. The van der Waals surface area contributed by atoms with Crippen molar-refractivity contribution >= 4 is 24.0 Å². The first-order valence-electron chi connectivity index (χ1n) is 6.38. The first-order valence-corrected chi connectivity index (χ1v) is 6.76. The summed E-state index contributed by atoms with van der Waals surface area (Å²) in [6.07, 6.45) is 5.02. The lowest BCUT2D eigenvalue weighted by molar-refractivity contribution is 0.268. The predicted octanol–water partition coefficient (Wildman–Crippen LogP) is 3.98. The zero-order valence-electron chi connectivity index (χ0n) is 10.7. The van der Waals surface area contributed by atoms with Gasteiger partial charge in [-0.05, 0) is 56.5 Å². The molecule has 0 aliphatic carbocycles. The number of nitrogens with one attached hydrogen (secondary N) is 1. The molecule has 1 atom stereocenters. The highest BCUT2D eigenvalue weighted by molar-refractivity contribution is 6.31. The van der Waals surface area contributed by atoms with E-state index in [0.717, 1.165) is 35.9 Å². The number of hydrogen-bond acceptors (Lipinski definition) is 2. The van der Waals surface area contributed by atoms with Crippen LogP contribution in [0.25, 0.3) is 0 Å². The summed E-state index contributed by atoms with van der Waals surface area (Å²) in [6, 6.07) is 6.46. The maximum Gasteiger partial charge on any atom is 0.119 e. The Morgan fingerprint density at radius 1 is 1.39 bits per heavy atom. The van der Waals surface area contributed by atoms with Crippen molar-refractivity contribution in [2.45, 2.75) is 38.6 Å². The molecule has 1 aromatic rings. The highest BCUT2D eigenvalue weighted by atomic mass is 35.5. The summed E-state index contributed by atoms with van der Waals surface area (Å²) in [5.74, 6) is 0.919. The highest BCUT2D eigenvalue weighted by Crippen LogP contribution is 2.21. The number of piperidine rings is 1. The van der Waals surface area contributed by atoms with Crippen molar-refractivity contribution in [2.24, 2.45) is 0 Å². The minimum atomic E-state index is 0. The lowest BCUT2D eigenvalue weighted by Gasteiger charge is -2.23. The first-order chi connectivity index (χ1) is 8.25. The van der Waals surface area contributed by atoms with Crippen molar-refractivity contribution in [1.29, 1.82) is 0 Å². The van der Waals surface area contributed by atoms with Gasteiger partial charge in [-0.25, -0.2) is 0 Å². The molecule has 0 amide bonds. The molecular formula is C14H21Cl2NO. The molecule has 1 aromatic carbocycles. The van der Waals surface area contributed by atoms with Gasteiger partial charge in [0, 0.05) is 11.1 Å². The van der Waals surface area contributed by atoms with Crippen LogP contribution in [0.15, 0.2) is 18.2 Å². The Morgan fingerprint density at radius 2 is 2.22 bits per heavy atom. The van der Waals surface area contributed by atoms with Crippen LogP contribution in [0.4, 0.5) is 0 Å². The molecule has 1 heterocycles. The standard InChI is InChI=1S/C14H20ClNO.ClH/c1-11-10-13(5-6-14(11)15)17-9-7-12-4-2-3-8-16-12;/h5-6,10,12,16H,2-4,7-9H2,1H3;1H. The SMILES string of the molecule is Cc1cc(OCCC2CCCCN2)ccc1Cl.Cl. The third-order valence-electron chi connectivity index (χ3n) is 3.28. The van der Waals surface area contributed by atoms with Crippen molar-refractivity contribution in [2.75, 3.05) is 13.2 Å². The molecule has 0 radical (unpaired) electrons. The maximum absolute atomic E-state index is 5.97. The van der Waals surface area contributed by atoms with Crippen molar-refractivity contribution in [3.63, 3.8) is 0 Å². The van der Waals surface area contributed by atoms with Gasteiger partial charge in [0.05, 0.1) is 6.61 Å². The third kappa shape index (κ3) is 4.68. The van der Waals surface area contributed by atoms with Crippen LogP contribution in [0.5, 0.6) is 5.75 Å².